The second kappa shape index (κ2) is 6.33. The van der Waals surface area contributed by atoms with Crippen LogP contribution in [0.25, 0.3) is 0 Å². The molecule has 2 aromatic carbocycles. The molecule has 1 aliphatic rings. The smallest absolute Gasteiger partial charge is 0.245 e. The van der Waals surface area contributed by atoms with Gasteiger partial charge in [0, 0.05) is 12.2 Å². The summed E-state index contributed by atoms with van der Waals surface area (Å²) in [5, 5.41) is 0. The van der Waals surface area contributed by atoms with E-state index in [0.29, 0.717) is 18.5 Å². The van der Waals surface area contributed by atoms with Gasteiger partial charge in [0.25, 0.3) is 0 Å². The molecule has 24 heavy (non-hydrogen) atoms. The highest BCUT2D eigenvalue weighted by Crippen LogP contribution is 2.23. The van der Waals surface area contributed by atoms with Crippen molar-refractivity contribution in [3.8, 4) is 0 Å². The number of nitrogens with one attached hydrogen (secondary N) is 1. The molecule has 0 spiro atoms. The van der Waals surface area contributed by atoms with Crippen LogP contribution in [0.2, 0.25) is 0 Å². The Morgan fingerprint density at radius 3 is 2.58 bits per heavy atom. The molecule has 3 rings (SSSR count). The second-order valence-electron chi connectivity index (χ2n) is 5.70. The van der Waals surface area contributed by atoms with Crippen LogP contribution < -0.4 is 9.62 Å². The molecule has 1 fully saturated rings. The largest absolute Gasteiger partial charge is 0.311 e. The fourth-order valence-corrected chi connectivity index (χ4v) is 4.25. The topological polar surface area (TPSA) is 66.5 Å². The van der Waals surface area contributed by atoms with Gasteiger partial charge in [-0.2, -0.15) is 4.72 Å². The van der Waals surface area contributed by atoms with Gasteiger partial charge in [-0.15, -0.1) is 0 Å². The van der Waals surface area contributed by atoms with Gasteiger partial charge in [0.1, 0.15) is 11.9 Å². The molecule has 7 heteroatoms. The summed E-state index contributed by atoms with van der Waals surface area (Å²) in [6, 6.07) is 11.8. The predicted octanol–water partition coefficient (Wildman–Crippen LogP) is 2.22. The third-order valence-corrected chi connectivity index (χ3v) is 5.62. The number of rotatable bonds is 4. The third kappa shape index (κ3) is 3.18. The van der Waals surface area contributed by atoms with E-state index >= 15 is 0 Å². The normalized spacial score (nSPS) is 18.2. The van der Waals surface area contributed by atoms with E-state index in [-0.39, 0.29) is 10.8 Å². The molecule has 1 saturated heterocycles. The Morgan fingerprint density at radius 2 is 1.88 bits per heavy atom. The molecule has 0 aliphatic carbocycles. The summed E-state index contributed by atoms with van der Waals surface area (Å²) in [6.45, 7) is 2.01. The van der Waals surface area contributed by atoms with Crippen LogP contribution in [0.15, 0.2) is 53.4 Å². The van der Waals surface area contributed by atoms with E-state index < -0.39 is 21.9 Å². The Kier molecular flexibility index (Phi) is 4.38. The molecule has 2 aromatic rings. The molecule has 0 bridgehead atoms. The van der Waals surface area contributed by atoms with Gasteiger partial charge in [0.05, 0.1) is 4.90 Å². The molecule has 1 N–H and O–H groups in total. The molecular formula is C17H17FN2O3S. The number of sulfonamides is 1. The number of hydrogen-bond donors (Lipinski definition) is 1. The minimum absolute atomic E-state index is 0.145. The number of amides is 1. The highest BCUT2D eigenvalue weighted by atomic mass is 32.2. The van der Waals surface area contributed by atoms with Crippen LogP contribution in [-0.2, 0) is 14.8 Å². The van der Waals surface area contributed by atoms with Crippen LogP contribution in [0.1, 0.15) is 12.0 Å². The monoisotopic (exact) mass is 348 g/mol. The van der Waals surface area contributed by atoms with Gasteiger partial charge in [0.15, 0.2) is 0 Å². The first-order valence-electron chi connectivity index (χ1n) is 7.53. The molecule has 1 amide bonds. The number of para-hydroxylation sites is 1. The lowest BCUT2D eigenvalue weighted by Crippen LogP contribution is -2.41. The van der Waals surface area contributed by atoms with E-state index in [9.17, 15) is 17.6 Å². The molecule has 5 nitrogen and oxygen atoms in total. The molecule has 1 atom stereocenters. The fraction of sp³-hybridized carbons (Fsp3) is 0.235. The zero-order valence-electron chi connectivity index (χ0n) is 13.1. The quantitative estimate of drug-likeness (QED) is 0.921. The Labute approximate surface area is 140 Å². The summed E-state index contributed by atoms with van der Waals surface area (Å²) in [5.41, 5.74) is 1.15. The SMILES string of the molecule is Cc1ccc(F)cc1S(=O)(=O)N[C@H]1CCN(c2ccccc2)C1=O. The molecule has 0 unspecified atom stereocenters. The van der Waals surface area contributed by atoms with Crippen LogP contribution in [0, 0.1) is 12.7 Å². The number of halogens is 1. The summed E-state index contributed by atoms with van der Waals surface area (Å²) in [7, 11) is -3.97. The maximum absolute atomic E-state index is 13.4. The Bertz CT molecular complexity index is 869. The van der Waals surface area contributed by atoms with Gasteiger partial charge in [-0.3, -0.25) is 4.79 Å². The van der Waals surface area contributed by atoms with Crippen molar-refractivity contribution in [3.05, 3.63) is 59.9 Å². The van der Waals surface area contributed by atoms with Crippen molar-refractivity contribution in [3.63, 3.8) is 0 Å². The number of benzene rings is 2. The van der Waals surface area contributed by atoms with Crippen LogP contribution in [0.3, 0.4) is 0 Å². The Hall–Kier alpha value is -2.25. The molecule has 0 saturated carbocycles. The van der Waals surface area contributed by atoms with E-state index in [1.807, 2.05) is 18.2 Å². The number of hydrogen-bond acceptors (Lipinski definition) is 3. The van der Waals surface area contributed by atoms with Crippen LogP contribution in [-0.4, -0.2) is 26.9 Å². The summed E-state index contributed by atoms with van der Waals surface area (Å²) in [4.78, 5) is 13.9. The van der Waals surface area contributed by atoms with Crippen molar-refractivity contribution in [1.82, 2.24) is 4.72 Å². The number of aryl methyl sites for hydroxylation is 1. The van der Waals surface area contributed by atoms with E-state index in [1.54, 1.807) is 24.0 Å². The first-order chi connectivity index (χ1) is 11.4. The van der Waals surface area contributed by atoms with Crippen LogP contribution in [0.5, 0.6) is 0 Å². The van der Waals surface area contributed by atoms with Gasteiger partial charge >= 0.3 is 0 Å². The maximum atomic E-state index is 13.4. The minimum atomic E-state index is -3.97. The van der Waals surface area contributed by atoms with Gasteiger partial charge in [-0.05, 0) is 43.2 Å². The summed E-state index contributed by atoms with van der Waals surface area (Å²) >= 11 is 0. The van der Waals surface area contributed by atoms with Gasteiger partial charge in [0.2, 0.25) is 15.9 Å². The highest BCUT2D eigenvalue weighted by molar-refractivity contribution is 7.89. The maximum Gasteiger partial charge on any atom is 0.245 e. The Morgan fingerprint density at radius 1 is 1.17 bits per heavy atom. The van der Waals surface area contributed by atoms with Crippen molar-refractivity contribution in [2.45, 2.75) is 24.3 Å². The lowest BCUT2D eigenvalue weighted by molar-refractivity contribution is -0.118. The summed E-state index contributed by atoms with van der Waals surface area (Å²) < 4.78 is 40.8. The van der Waals surface area contributed by atoms with Gasteiger partial charge < -0.3 is 4.90 Å². The summed E-state index contributed by atoms with van der Waals surface area (Å²) in [6.07, 6.45) is 0.362. The zero-order valence-corrected chi connectivity index (χ0v) is 13.9. The highest BCUT2D eigenvalue weighted by Gasteiger charge is 2.36. The van der Waals surface area contributed by atoms with Gasteiger partial charge in [-0.1, -0.05) is 24.3 Å². The molecule has 126 valence electrons. The lowest BCUT2D eigenvalue weighted by Gasteiger charge is -2.17. The van der Waals surface area contributed by atoms with Crippen molar-refractivity contribution >= 4 is 21.6 Å². The molecule has 0 aromatic heterocycles. The van der Waals surface area contributed by atoms with Crippen LogP contribution in [0.4, 0.5) is 10.1 Å². The van der Waals surface area contributed by atoms with E-state index in [0.717, 1.165) is 11.8 Å². The van der Waals surface area contributed by atoms with Crippen molar-refractivity contribution in [1.29, 1.82) is 0 Å². The fourth-order valence-electron chi connectivity index (χ4n) is 2.77. The predicted molar refractivity (Wildman–Crippen MR) is 88.7 cm³/mol. The number of anilines is 1. The molecule has 1 heterocycles. The van der Waals surface area contributed by atoms with Crippen molar-refractivity contribution in [2.75, 3.05) is 11.4 Å². The number of carbonyl (C=O) groups excluding carboxylic acids is 1. The van der Waals surface area contributed by atoms with E-state index in [4.69, 9.17) is 0 Å². The van der Waals surface area contributed by atoms with E-state index in [2.05, 4.69) is 4.72 Å². The number of nitrogens with zero attached hydrogens (tertiary/aromatic N) is 1. The molecule has 0 radical (unpaired) electrons. The Balaban J connectivity index is 1.81. The minimum Gasteiger partial charge on any atom is -0.311 e. The van der Waals surface area contributed by atoms with Crippen LogP contribution >= 0.6 is 0 Å². The van der Waals surface area contributed by atoms with Crippen molar-refractivity contribution in [2.24, 2.45) is 0 Å². The lowest BCUT2D eigenvalue weighted by atomic mass is 10.2. The van der Waals surface area contributed by atoms with Gasteiger partial charge in [-0.25, -0.2) is 12.8 Å². The third-order valence-electron chi connectivity index (χ3n) is 4.01. The molecule has 1 aliphatic heterocycles. The average Bonchev–Trinajstić information content (AvgIpc) is 2.91. The first kappa shape index (κ1) is 16.6. The molecular weight excluding hydrogens is 331 g/mol. The number of carbonyl (C=O) groups is 1. The average molecular weight is 348 g/mol. The zero-order chi connectivity index (χ0) is 17.3. The first-order valence-corrected chi connectivity index (χ1v) is 9.02. The second-order valence-corrected chi connectivity index (χ2v) is 7.38. The van der Waals surface area contributed by atoms with Crippen molar-refractivity contribution < 1.29 is 17.6 Å². The van der Waals surface area contributed by atoms with E-state index in [1.165, 1.54) is 12.1 Å². The standard InChI is InChI=1S/C17H17FN2O3S/c1-12-7-8-13(18)11-16(12)24(22,23)19-15-9-10-20(17(15)21)14-5-3-2-4-6-14/h2-8,11,15,19H,9-10H2,1H3/t15-/m0/s1. The summed E-state index contributed by atoms with van der Waals surface area (Å²) in [5.74, 6) is -0.941.